The molecule has 1 N–H and O–H groups in total. The van der Waals surface area contributed by atoms with Crippen molar-refractivity contribution in [3.63, 3.8) is 0 Å². The van der Waals surface area contributed by atoms with E-state index in [1.54, 1.807) is 0 Å². The summed E-state index contributed by atoms with van der Waals surface area (Å²) in [6, 6.07) is 13.7. The third kappa shape index (κ3) is 2.99. The highest BCUT2D eigenvalue weighted by Gasteiger charge is 2.42. The highest BCUT2D eigenvalue weighted by molar-refractivity contribution is 6.33. The van der Waals surface area contributed by atoms with Crippen molar-refractivity contribution < 1.29 is 9.72 Å². The van der Waals surface area contributed by atoms with Crippen LogP contribution in [0.2, 0.25) is 5.02 Å². The van der Waals surface area contributed by atoms with Gasteiger partial charge in [-0.2, -0.15) is 0 Å². The Bertz CT molecular complexity index is 771. The topological polar surface area (TPSA) is 72.2 Å². The van der Waals surface area contributed by atoms with E-state index < -0.39 is 10.3 Å². The van der Waals surface area contributed by atoms with E-state index >= 15 is 0 Å². The summed E-state index contributed by atoms with van der Waals surface area (Å²) in [7, 11) is 0. The van der Waals surface area contributed by atoms with E-state index in [1.165, 1.54) is 18.2 Å². The first kappa shape index (κ1) is 16.5. The molecule has 1 amide bonds. The quantitative estimate of drug-likeness (QED) is 0.645. The third-order valence-electron chi connectivity index (χ3n) is 4.63. The molecule has 0 bridgehead atoms. The van der Waals surface area contributed by atoms with E-state index in [0.29, 0.717) is 0 Å². The zero-order chi connectivity index (χ0) is 17.2. The number of non-ortho nitro benzene ring substituents is 1. The largest absolute Gasteiger partial charge is 0.324 e. The summed E-state index contributed by atoms with van der Waals surface area (Å²) >= 11 is 6.11. The lowest BCUT2D eigenvalue weighted by Gasteiger charge is -2.28. The summed E-state index contributed by atoms with van der Waals surface area (Å²) in [4.78, 5) is 23.5. The smallest absolute Gasteiger partial charge is 0.271 e. The monoisotopic (exact) mass is 344 g/mol. The Morgan fingerprint density at radius 2 is 1.79 bits per heavy atom. The lowest BCUT2D eigenvalue weighted by molar-refractivity contribution is -0.384. The van der Waals surface area contributed by atoms with Crippen LogP contribution in [0.1, 0.15) is 31.2 Å². The number of nitrogens with one attached hydrogen (secondary N) is 1. The zero-order valence-electron chi connectivity index (χ0n) is 13.0. The van der Waals surface area contributed by atoms with Gasteiger partial charge in [-0.15, -0.1) is 0 Å². The molecular formula is C18H17ClN2O3. The number of carbonyl (C=O) groups is 1. The van der Waals surface area contributed by atoms with Gasteiger partial charge in [0.1, 0.15) is 0 Å². The molecule has 0 aromatic heterocycles. The molecule has 1 aliphatic carbocycles. The number of carbonyl (C=O) groups excluding carboxylic acids is 1. The first-order valence-corrected chi connectivity index (χ1v) is 8.22. The molecule has 2 aromatic rings. The molecule has 124 valence electrons. The number of benzene rings is 2. The number of halogens is 1. The molecule has 0 atom stereocenters. The van der Waals surface area contributed by atoms with Crippen molar-refractivity contribution in [2.45, 2.75) is 31.1 Å². The maximum absolute atomic E-state index is 13.0. The van der Waals surface area contributed by atoms with Crippen LogP contribution in [0.4, 0.5) is 11.4 Å². The second-order valence-electron chi connectivity index (χ2n) is 6.03. The van der Waals surface area contributed by atoms with Crippen LogP contribution < -0.4 is 5.32 Å². The van der Waals surface area contributed by atoms with E-state index in [1.807, 2.05) is 30.3 Å². The van der Waals surface area contributed by atoms with Crippen LogP contribution in [0.15, 0.2) is 48.5 Å². The highest BCUT2D eigenvalue weighted by Crippen LogP contribution is 2.42. The summed E-state index contributed by atoms with van der Waals surface area (Å²) in [5, 5.41) is 14.0. The Labute approximate surface area is 144 Å². The van der Waals surface area contributed by atoms with E-state index in [0.717, 1.165) is 31.2 Å². The molecule has 0 spiro atoms. The van der Waals surface area contributed by atoms with Crippen LogP contribution in [0.3, 0.4) is 0 Å². The number of nitrogens with zero attached hydrogens (tertiary/aromatic N) is 1. The summed E-state index contributed by atoms with van der Waals surface area (Å²) in [6.45, 7) is 0. The predicted octanol–water partition coefficient (Wildman–Crippen LogP) is 4.70. The van der Waals surface area contributed by atoms with Crippen molar-refractivity contribution in [3.8, 4) is 0 Å². The molecule has 3 rings (SSSR count). The molecule has 0 radical (unpaired) electrons. The summed E-state index contributed by atoms with van der Waals surface area (Å²) in [6.07, 6.45) is 3.47. The van der Waals surface area contributed by atoms with Crippen molar-refractivity contribution >= 4 is 28.9 Å². The Kier molecular flexibility index (Phi) is 4.53. The molecular weight excluding hydrogens is 328 g/mol. The Balaban J connectivity index is 1.93. The van der Waals surface area contributed by atoms with Gasteiger partial charge in [-0.05, 0) is 24.5 Å². The summed E-state index contributed by atoms with van der Waals surface area (Å²) < 4.78 is 0. The normalized spacial score (nSPS) is 15.9. The fourth-order valence-corrected chi connectivity index (χ4v) is 3.51. The van der Waals surface area contributed by atoms with Crippen LogP contribution >= 0.6 is 11.6 Å². The lowest BCUT2D eigenvalue weighted by atomic mass is 9.78. The number of nitro benzene ring substituents is 1. The number of hydrogen-bond acceptors (Lipinski definition) is 3. The van der Waals surface area contributed by atoms with Gasteiger partial charge >= 0.3 is 0 Å². The Hall–Kier alpha value is -2.40. The van der Waals surface area contributed by atoms with Crippen LogP contribution in [0.25, 0.3) is 0 Å². The van der Waals surface area contributed by atoms with Gasteiger partial charge in [0.05, 0.1) is 21.0 Å². The van der Waals surface area contributed by atoms with Gasteiger partial charge in [0.25, 0.3) is 5.69 Å². The number of amides is 1. The van der Waals surface area contributed by atoms with Gasteiger partial charge in [0, 0.05) is 12.1 Å². The van der Waals surface area contributed by atoms with Crippen LogP contribution in [-0.2, 0) is 10.2 Å². The molecule has 24 heavy (non-hydrogen) atoms. The number of anilines is 1. The van der Waals surface area contributed by atoms with Gasteiger partial charge in [-0.1, -0.05) is 54.8 Å². The average molecular weight is 345 g/mol. The van der Waals surface area contributed by atoms with Gasteiger partial charge < -0.3 is 5.32 Å². The molecule has 0 aliphatic heterocycles. The minimum absolute atomic E-state index is 0.102. The second kappa shape index (κ2) is 6.61. The predicted molar refractivity (Wildman–Crippen MR) is 93.3 cm³/mol. The maximum atomic E-state index is 13.0. The molecule has 1 aliphatic rings. The van der Waals surface area contributed by atoms with E-state index in [-0.39, 0.29) is 22.3 Å². The molecule has 0 heterocycles. The first-order chi connectivity index (χ1) is 11.5. The minimum Gasteiger partial charge on any atom is -0.324 e. The standard InChI is InChI=1S/C18H17ClN2O3/c19-15-9-8-14(21(23)24)12-16(15)20-17(22)18(10-4-5-11-18)13-6-2-1-3-7-13/h1-3,6-9,12H,4-5,10-11H2,(H,20,22). The number of nitro groups is 1. The number of rotatable bonds is 4. The van der Waals surface area contributed by atoms with E-state index in [4.69, 9.17) is 11.6 Å². The average Bonchev–Trinajstić information content (AvgIpc) is 3.08. The molecule has 0 unspecified atom stereocenters. The maximum Gasteiger partial charge on any atom is 0.271 e. The van der Waals surface area contributed by atoms with Crippen LogP contribution in [0, 0.1) is 10.1 Å². The molecule has 2 aromatic carbocycles. The number of hydrogen-bond donors (Lipinski definition) is 1. The van der Waals surface area contributed by atoms with Crippen molar-refractivity contribution in [1.82, 2.24) is 0 Å². The molecule has 1 fully saturated rings. The fourth-order valence-electron chi connectivity index (χ4n) is 3.35. The highest BCUT2D eigenvalue weighted by atomic mass is 35.5. The molecule has 6 heteroatoms. The van der Waals surface area contributed by atoms with Gasteiger partial charge in [0.2, 0.25) is 5.91 Å². The van der Waals surface area contributed by atoms with Crippen LogP contribution in [-0.4, -0.2) is 10.8 Å². The van der Waals surface area contributed by atoms with Crippen molar-refractivity contribution in [3.05, 3.63) is 69.2 Å². The van der Waals surface area contributed by atoms with Gasteiger partial charge in [-0.25, -0.2) is 0 Å². The Morgan fingerprint density at radius 3 is 2.42 bits per heavy atom. The van der Waals surface area contributed by atoms with Gasteiger partial charge in [-0.3, -0.25) is 14.9 Å². The fraction of sp³-hybridized carbons (Fsp3) is 0.278. The van der Waals surface area contributed by atoms with Crippen molar-refractivity contribution in [2.75, 3.05) is 5.32 Å². The zero-order valence-corrected chi connectivity index (χ0v) is 13.8. The third-order valence-corrected chi connectivity index (χ3v) is 4.96. The van der Waals surface area contributed by atoms with E-state index in [9.17, 15) is 14.9 Å². The molecule has 1 saturated carbocycles. The minimum atomic E-state index is -0.602. The van der Waals surface area contributed by atoms with Crippen molar-refractivity contribution in [1.29, 1.82) is 0 Å². The Morgan fingerprint density at radius 1 is 1.12 bits per heavy atom. The van der Waals surface area contributed by atoms with Crippen LogP contribution in [0.5, 0.6) is 0 Å². The second-order valence-corrected chi connectivity index (χ2v) is 6.44. The molecule has 5 nitrogen and oxygen atoms in total. The summed E-state index contributed by atoms with van der Waals surface area (Å²) in [5.74, 6) is -0.159. The summed E-state index contributed by atoms with van der Waals surface area (Å²) in [5.41, 5.74) is 0.546. The SMILES string of the molecule is O=C(Nc1cc([N+](=O)[O-])ccc1Cl)C1(c2ccccc2)CCCC1. The molecule has 0 saturated heterocycles. The lowest BCUT2D eigenvalue weighted by Crippen LogP contribution is -2.38. The first-order valence-electron chi connectivity index (χ1n) is 7.84. The van der Waals surface area contributed by atoms with E-state index in [2.05, 4.69) is 5.32 Å². The van der Waals surface area contributed by atoms with Gasteiger partial charge in [0.15, 0.2) is 0 Å². The van der Waals surface area contributed by atoms with Crippen molar-refractivity contribution in [2.24, 2.45) is 0 Å².